The van der Waals surface area contributed by atoms with Gasteiger partial charge in [0.25, 0.3) is 0 Å². The van der Waals surface area contributed by atoms with E-state index in [1.54, 1.807) is 12.1 Å². The zero-order valence-corrected chi connectivity index (χ0v) is 5.11. The van der Waals surface area contributed by atoms with Gasteiger partial charge >= 0.3 is 5.97 Å². The molecule has 1 aromatic heterocycles. The predicted octanol–water partition coefficient (Wildman–Crippen LogP) is 1.25. The highest BCUT2D eigenvalue weighted by atomic mass is 16.4. The minimum absolute atomic E-state index is 0.504. The van der Waals surface area contributed by atoms with Crippen LogP contribution in [0.3, 0.4) is 0 Å². The normalized spacial score (nSPS) is 10.4. The van der Waals surface area contributed by atoms with Crippen LogP contribution in [-0.4, -0.2) is 5.97 Å². The van der Waals surface area contributed by atoms with Crippen molar-refractivity contribution >= 4 is 12.0 Å². The first-order chi connectivity index (χ1) is 4.79. The topological polar surface area (TPSA) is 50.1 Å². The van der Waals surface area contributed by atoms with Crippen LogP contribution in [0.4, 0.5) is 0 Å². The molecule has 3 nitrogen and oxygen atoms in total. The zero-order chi connectivity index (χ0) is 7.40. The molecule has 0 aliphatic rings. The Bertz CT molecular complexity index is 233. The second-order valence-corrected chi connectivity index (χ2v) is 1.67. The smallest absolute Gasteiger partial charge is 0.379 e. The second-order valence-electron chi connectivity index (χ2n) is 1.67. The van der Waals surface area contributed by atoms with Crippen LogP contribution in [0.5, 0.6) is 0 Å². The molecule has 0 aromatic carbocycles. The van der Waals surface area contributed by atoms with Gasteiger partial charge in [0.05, 0.1) is 6.26 Å². The number of furan rings is 1. The van der Waals surface area contributed by atoms with E-state index in [1.807, 2.05) is 0 Å². The number of hydrogen-bond donors (Lipinski definition) is 0. The molecule has 3 heteroatoms. The van der Waals surface area contributed by atoms with Crippen molar-refractivity contribution in [3.8, 4) is 0 Å². The molecule has 0 bridgehead atoms. The summed E-state index contributed by atoms with van der Waals surface area (Å²) in [4.78, 5) is 9.85. The number of rotatable bonds is 2. The fourth-order valence-corrected chi connectivity index (χ4v) is 0.536. The molecule has 1 aromatic rings. The van der Waals surface area contributed by atoms with Gasteiger partial charge in [-0.2, -0.15) is 0 Å². The van der Waals surface area contributed by atoms with Crippen molar-refractivity contribution in [1.82, 2.24) is 0 Å². The van der Waals surface area contributed by atoms with Gasteiger partial charge in [-0.05, 0) is 18.2 Å². The molecule has 1 heterocycles. The van der Waals surface area contributed by atoms with Crippen molar-refractivity contribution in [2.75, 3.05) is 0 Å². The Kier molecular flexibility index (Phi) is 1.89. The predicted molar refractivity (Wildman–Crippen MR) is 33.4 cm³/mol. The summed E-state index contributed by atoms with van der Waals surface area (Å²) in [5, 5.41) is 9.85. The van der Waals surface area contributed by atoms with Crippen molar-refractivity contribution in [2.45, 2.75) is 0 Å². The van der Waals surface area contributed by atoms with Gasteiger partial charge in [-0.1, -0.05) is 0 Å². The molecular formula is C7H5O3. The van der Waals surface area contributed by atoms with Crippen molar-refractivity contribution in [3.05, 3.63) is 30.2 Å². The van der Waals surface area contributed by atoms with Crippen molar-refractivity contribution in [3.63, 3.8) is 0 Å². The van der Waals surface area contributed by atoms with Crippen LogP contribution >= 0.6 is 0 Å². The first-order valence-electron chi connectivity index (χ1n) is 2.71. The van der Waals surface area contributed by atoms with E-state index in [9.17, 15) is 9.90 Å². The van der Waals surface area contributed by atoms with E-state index in [-0.39, 0.29) is 0 Å². The van der Waals surface area contributed by atoms with E-state index in [0.29, 0.717) is 5.76 Å². The molecule has 0 saturated carbocycles. The van der Waals surface area contributed by atoms with E-state index in [0.717, 1.165) is 6.08 Å². The lowest BCUT2D eigenvalue weighted by Gasteiger charge is -1.77. The van der Waals surface area contributed by atoms with Crippen LogP contribution in [0.2, 0.25) is 0 Å². The quantitative estimate of drug-likeness (QED) is 0.576. The lowest BCUT2D eigenvalue weighted by atomic mass is 10.4. The van der Waals surface area contributed by atoms with Crippen LogP contribution in [-0.2, 0) is 9.90 Å². The average Bonchev–Trinajstić information content (AvgIpc) is 2.34. The van der Waals surface area contributed by atoms with Crippen LogP contribution < -0.4 is 0 Å². The Morgan fingerprint density at radius 1 is 1.60 bits per heavy atom. The highest BCUT2D eigenvalue weighted by Crippen LogP contribution is 2.01. The summed E-state index contributed by atoms with van der Waals surface area (Å²) in [6, 6.07) is 3.33. The Balaban J connectivity index is 2.64. The Labute approximate surface area is 57.6 Å². The van der Waals surface area contributed by atoms with Crippen molar-refractivity contribution < 1.29 is 14.3 Å². The fourth-order valence-electron chi connectivity index (χ4n) is 0.536. The van der Waals surface area contributed by atoms with E-state index >= 15 is 0 Å². The van der Waals surface area contributed by atoms with Crippen LogP contribution in [0.15, 0.2) is 28.9 Å². The third-order valence-electron chi connectivity index (χ3n) is 0.927. The van der Waals surface area contributed by atoms with Gasteiger partial charge < -0.3 is 4.42 Å². The van der Waals surface area contributed by atoms with Gasteiger partial charge in [0, 0.05) is 6.08 Å². The molecular weight excluding hydrogens is 132 g/mol. The van der Waals surface area contributed by atoms with Crippen LogP contribution in [0.25, 0.3) is 6.08 Å². The van der Waals surface area contributed by atoms with Crippen molar-refractivity contribution in [2.24, 2.45) is 0 Å². The number of carbonyl (C=O) groups excluding carboxylic acids is 1. The summed E-state index contributed by atoms with van der Waals surface area (Å²) in [5.41, 5.74) is 0. The Hall–Kier alpha value is -1.51. The highest BCUT2D eigenvalue weighted by molar-refractivity contribution is 5.84. The number of hydrogen-bond acceptors (Lipinski definition) is 2. The van der Waals surface area contributed by atoms with Gasteiger partial charge in [0.15, 0.2) is 0 Å². The molecule has 0 fully saturated rings. The maximum absolute atomic E-state index is 9.85. The molecule has 0 aliphatic carbocycles. The highest BCUT2D eigenvalue weighted by Gasteiger charge is 1.91. The Morgan fingerprint density at radius 2 is 2.40 bits per heavy atom. The van der Waals surface area contributed by atoms with Gasteiger partial charge in [-0.25, -0.2) is 9.90 Å². The first-order valence-corrected chi connectivity index (χ1v) is 2.71. The van der Waals surface area contributed by atoms with E-state index < -0.39 is 5.97 Å². The molecule has 0 saturated heterocycles. The van der Waals surface area contributed by atoms with Gasteiger partial charge in [-0.3, -0.25) is 0 Å². The van der Waals surface area contributed by atoms with Crippen LogP contribution in [0.1, 0.15) is 5.76 Å². The lowest BCUT2D eigenvalue weighted by Crippen LogP contribution is -1.81. The maximum atomic E-state index is 9.85. The third kappa shape index (κ3) is 1.78. The molecule has 0 amide bonds. The lowest BCUT2D eigenvalue weighted by molar-refractivity contribution is -0.137. The molecule has 0 aliphatic heterocycles. The van der Waals surface area contributed by atoms with E-state index in [4.69, 9.17) is 4.42 Å². The number of carbonyl (C=O) groups is 1. The molecule has 51 valence electrons. The van der Waals surface area contributed by atoms with Gasteiger partial charge in [0.2, 0.25) is 0 Å². The maximum Gasteiger partial charge on any atom is 0.379 e. The summed E-state index contributed by atoms with van der Waals surface area (Å²) in [6.07, 6.45) is 3.71. The summed E-state index contributed by atoms with van der Waals surface area (Å²) in [7, 11) is 0. The van der Waals surface area contributed by atoms with Crippen molar-refractivity contribution in [1.29, 1.82) is 0 Å². The molecule has 0 N–H and O–H groups in total. The Morgan fingerprint density at radius 3 is 2.90 bits per heavy atom. The second kappa shape index (κ2) is 2.87. The molecule has 0 spiro atoms. The van der Waals surface area contributed by atoms with Gasteiger partial charge in [0.1, 0.15) is 5.76 Å². The average molecular weight is 137 g/mol. The van der Waals surface area contributed by atoms with E-state index in [2.05, 4.69) is 0 Å². The fraction of sp³-hybridized carbons (Fsp3) is 0. The van der Waals surface area contributed by atoms with Crippen LogP contribution in [0, 0.1) is 0 Å². The minimum atomic E-state index is -1.23. The summed E-state index contributed by atoms with van der Waals surface area (Å²) in [5.74, 6) is -0.722. The minimum Gasteiger partial charge on any atom is -0.465 e. The largest absolute Gasteiger partial charge is 0.465 e. The monoisotopic (exact) mass is 137 g/mol. The van der Waals surface area contributed by atoms with E-state index in [1.165, 1.54) is 12.3 Å². The molecule has 1 rings (SSSR count). The molecule has 0 atom stereocenters. The standard InChI is InChI=1S/C7H5O3/c8-7(9)4-3-6-2-1-5-10-6/h1-5H/b4-3+. The summed E-state index contributed by atoms with van der Waals surface area (Å²) in [6.45, 7) is 0. The SMILES string of the molecule is [O]C(=O)/C=C/c1ccco1. The zero-order valence-electron chi connectivity index (χ0n) is 5.11. The molecule has 1 radical (unpaired) electrons. The summed E-state index contributed by atoms with van der Waals surface area (Å²) < 4.78 is 4.81. The summed E-state index contributed by atoms with van der Waals surface area (Å²) >= 11 is 0. The molecule has 10 heavy (non-hydrogen) atoms. The third-order valence-corrected chi connectivity index (χ3v) is 0.927. The molecule has 0 unspecified atom stereocenters. The first kappa shape index (κ1) is 6.61. The van der Waals surface area contributed by atoms with Gasteiger partial charge in [-0.15, -0.1) is 0 Å².